The lowest BCUT2D eigenvalue weighted by atomic mass is 9.85. The zero-order valence-corrected chi connectivity index (χ0v) is 82.7. The van der Waals surface area contributed by atoms with Crippen LogP contribution in [0.2, 0.25) is 0 Å². The fourth-order valence-corrected chi connectivity index (χ4v) is 26.3. The third-order valence-corrected chi connectivity index (χ3v) is 33.1. The van der Waals surface area contributed by atoms with Gasteiger partial charge in [0.25, 0.3) is 0 Å². The lowest BCUT2D eigenvalue weighted by Crippen LogP contribution is -2.01. The molecule has 0 aliphatic heterocycles. The van der Waals surface area contributed by atoms with Gasteiger partial charge in [0.05, 0.1) is 0 Å². The zero-order chi connectivity index (χ0) is 98.8. The standard InChI is InChI=1S/C54H36.2C48H32/c1-3-14-35(15-4-1)40-30-41(36-16-5-2-6-17-36)32-42(31-40)53-47-23-11-9-21-44(47)51-33-38(26-28-49(51)53)39-27-29-50-52(34-39)45-22-10-12-24-48(45)54(50)46-25-13-19-37-18-7-8-20-43(37)46;1-2-12-31(13-3-1)33-16-10-17-36(28-33)47-41-21-8-6-19-38(41)45-29-34(24-26-43(45)47)35-25-27-44-46(30-35)39-20-7-9-22-42(39)48(44)40-23-11-15-32-14-4-5-18-37(32)40;1-2-11-31(12-3-1)32-21-23-34(24-22-32)47-41-18-8-6-16-38(41)45-29-35(25-27-43(45)47)36-26-28-44-46(30-36)39-17-7-9-19-42(39)48(44)40-20-10-14-33-13-4-5-15-37(33)40/h1-34,53-54H;2*1-30,47-48H. The van der Waals surface area contributed by atoms with Crippen molar-refractivity contribution in [3.05, 3.63) is 670 Å². The smallest absolute Gasteiger partial charge is 0.0358 e. The summed E-state index contributed by atoms with van der Waals surface area (Å²) in [5.41, 5.74) is 58.3. The molecule has 25 aromatic rings. The monoisotopic (exact) mass is 1900 g/mol. The number of rotatable bonds is 13. The topological polar surface area (TPSA) is 0 Å². The molecule has 0 fully saturated rings. The van der Waals surface area contributed by atoms with E-state index in [1.54, 1.807) is 0 Å². The highest BCUT2D eigenvalue weighted by Crippen LogP contribution is 2.59. The zero-order valence-electron chi connectivity index (χ0n) is 82.7. The van der Waals surface area contributed by atoms with Crippen molar-refractivity contribution in [2.45, 2.75) is 35.5 Å². The Kier molecular flexibility index (Phi) is 21.5. The summed E-state index contributed by atoms with van der Waals surface area (Å²) in [6.07, 6.45) is 0. The van der Waals surface area contributed by atoms with Crippen LogP contribution in [0.15, 0.2) is 570 Å². The Bertz CT molecular complexity index is 9590. The van der Waals surface area contributed by atoms with Gasteiger partial charge in [-0.1, -0.05) is 528 Å². The molecule has 0 N–H and O–H groups in total. The van der Waals surface area contributed by atoms with Crippen LogP contribution < -0.4 is 0 Å². The molecule has 700 valence electrons. The van der Waals surface area contributed by atoms with Gasteiger partial charge in [0.2, 0.25) is 0 Å². The average Bonchev–Trinajstić information content (AvgIpc) is 1.59. The van der Waals surface area contributed by atoms with Crippen LogP contribution in [0.3, 0.4) is 0 Å². The van der Waals surface area contributed by atoms with Crippen LogP contribution in [-0.4, -0.2) is 0 Å². The van der Waals surface area contributed by atoms with E-state index in [9.17, 15) is 0 Å². The van der Waals surface area contributed by atoms with Gasteiger partial charge >= 0.3 is 0 Å². The quantitative estimate of drug-likeness (QED) is 0.108. The number of benzene rings is 25. The molecule has 0 heteroatoms. The van der Waals surface area contributed by atoms with Gasteiger partial charge < -0.3 is 0 Å². The Morgan fingerprint density at radius 3 is 0.600 bits per heavy atom. The minimum absolute atomic E-state index is 0.143. The van der Waals surface area contributed by atoms with Crippen LogP contribution in [0.25, 0.3) is 177 Å². The Hall–Kier alpha value is -18.7. The van der Waals surface area contributed by atoms with Crippen LogP contribution in [0, 0.1) is 0 Å². The van der Waals surface area contributed by atoms with E-state index in [1.165, 1.54) is 277 Å². The van der Waals surface area contributed by atoms with E-state index in [1.807, 2.05) is 0 Å². The first-order valence-electron chi connectivity index (χ1n) is 52.8. The normalized spacial score (nSPS) is 15.3. The largest absolute Gasteiger partial charge is 0.0622 e. The van der Waals surface area contributed by atoms with Gasteiger partial charge in [-0.15, -0.1) is 0 Å². The number of fused-ring (bicyclic) bond motifs is 21. The molecule has 31 rings (SSSR count). The van der Waals surface area contributed by atoms with Crippen molar-refractivity contribution in [2.24, 2.45) is 0 Å². The van der Waals surface area contributed by atoms with Crippen molar-refractivity contribution in [3.63, 3.8) is 0 Å². The van der Waals surface area contributed by atoms with E-state index in [0.717, 1.165) is 0 Å². The van der Waals surface area contributed by atoms with Gasteiger partial charge in [0, 0.05) is 35.5 Å². The maximum absolute atomic E-state index is 2.44. The molecule has 0 radical (unpaired) electrons. The predicted molar refractivity (Wildman–Crippen MR) is 627 cm³/mol. The van der Waals surface area contributed by atoms with Crippen LogP contribution in [-0.2, 0) is 0 Å². The molecule has 6 aliphatic carbocycles. The predicted octanol–water partition coefficient (Wildman–Crippen LogP) is 39.2. The lowest BCUT2D eigenvalue weighted by Gasteiger charge is -2.18. The summed E-state index contributed by atoms with van der Waals surface area (Å²) in [5.74, 6) is 1.22. The molecule has 0 spiro atoms. The molecule has 6 unspecified atom stereocenters. The Balaban J connectivity index is 0.000000106. The van der Waals surface area contributed by atoms with Crippen LogP contribution in [0.1, 0.15) is 136 Å². The van der Waals surface area contributed by atoms with Gasteiger partial charge in [-0.2, -0.15) is 0 Å². The van der Waals surface area contributed by atoms with Gasteiger partial charge in [0.15, 0.2) is 0 Å². The summed E-state index contributed by atoms with van der Waals surface area (Å²) in [6.45, 7) is 0. The summed E-state index contributed by atoms with van der Waals surface area (Å²) in [4.78, 5) is 0. The first kappa shape index (κ1) is 87.8. The fourth-order valence-electron chi connectivity index (χ4n) is 26.3. The first-order valence-corrected chi connectivity index (χ1v) is 52.8. The lowest BCUT2D eigenvalue weighted by molar-refractivity contribution is 1.02. The molecular formula is C150H100. The molecule has 0 aromatic heterocycles. The van der Waals surface area contributed by atoms with Crippen molar-refractivity contribution >= 4 is 32.3 Å². The van der Waals surface area contributed by atoms with Gasteiger partial charge in [0.1, 0.15) is 0 Å². The molecule has 150 heavy (non-hydrogen) atoms. The van der Waals surface area contributed by atoms with Gasteiger partial charge in [-0.05, 0) is 320 Å². The molecular weight excluding hydrogens is 1800 g/mol. The summed E-state index contributed by atoms with van der Waals surface area (Å²) < 4.78 is 0. The van der Waals surface area contributed by atoms with E-state index < -0.39 is 0 Å². The molecule has 0 heterocycles. The van der Waals surface area contributed by atoms with Crippen LogP contribution >= 0.6 is 0 Å². The van der Waals surface area contributed by atoms with Gasteiger partial charge in [-0.25, -0.2) is 0 Å². The summed E-state index contributed by atoms with van der Waals surface area (Å²) in [5, 5.41) is 7.87. The first-order chi connectivity index (χ1) is 74.4. The van der Waals surface area contributed by atoms with E-state index >= 15 is 0 Å². The Labute approximate surface area is 876 Å². The van der Waals surface area contributed by atoms with Gasteiger partial charge in [-0.3, -0.25) is 0 Å². The summed E-state index contributed by atoms with van der Waals surface area (Å²) in [6, 6.07) is 212. The molecule has 0 bridgehead atoms. The second kappa shape index (κ2) is 36.8. The van der Waals surface area contributed by atoms with Crippen LogP contribution in [0.4, 0.5) is 0 Å². The Morgan fingerprint density at radius 2 is 0.280 bits per heavy atom. The minimum atomic E-state index is 0.143. The third-order valence-electron chi connectivity index (χ3n) is 33.1. The highest BCUT2D eigenvalue weighted by atomic mass is 14.4. The Morgan fingerprint density at radius 1 is 0.0867 bits per heavy atom. The number of hydrogen-bond acceptors (Lipinski definition) is 0. The molecule has 0 nitrogen and oxygen atoms in total. The second-order valence-electron chi connectivity index (χ2n) is 41.2. The second-order valence-corrected chi connectivity index (χ2v) is 41.2. The van der Waals surface area contributed by atoms with Crippen molar-refractivity contribution in [3.8, 4) is 145 Å². The van der Waals surface area contributed by atoms with E-state index in [0.29, 0.717) is 0 Å². The van der Waals surface area contributed by atoms with Crippen molar-refractivity contribution < 1.29 is 0 Å². The molecule has 25 aromatic carbocycles. The third kappa shape index (κ3) is 15.0. The highest BCUT2D eigenvalue weighted by molar-refractivity contribution is 5.99. The van der Waals surface area contributed by atoms with E-state index in [-0.39, 0.29) is 35.5 Å². The molecule has 0 saturated heterocycles. The average molecular weight is 1900 g/mol. The summed E-state index contributed by atoms with van der Waals surface area (Å²) in [7, 11) is 0. The van der Waals surface area contributed by atoms with E-state index in [4.69, 9.17) is 0 Å². The van der Waals surface area contributed by atoms with Crippen molar-refractivity contribution in [2.75, 3.05) is 0 Å². The molecule has 0 amide bonds. The minimum Gasteiger partial charge on any atom is -0.0622 e. The molecule has 0 saturated carbocycles. The maximum atomic E-state index is 2.44. The van der Waals surface area contributed by atoms with Crippen molar-refractivity contribution in [1.29, 1.82) is 0 Å². The molecule has 6 aliphatic rings. The van der Waals surface area contributed by atoms with Crippen molar-refractivity contribution in [1.82, 2.24) is 0 Å². The SMILES string of the molecule is c1ccc(-c2cc(-c3ccccc3)cc(C3c4ccccc4-c4cc(-c5ccc6c(c5)-c5ccccc5C6c5cccc6ccccc56)ccc43)c2)cc1.c1ccc(-c2ccc(C3c4ccccc4-c4cc(-c5ccc6c(c5)-c5ccccc5C6c5cccc6ccccc56)ccc43)cc2)cc1.c1ccc(-c2cccc(C3c4ccccc4-c4cc(-c5ccc6c(c5)-c5ccccc5C6c5cccc6ccccc56)ccc43)c2)cc1. The molecule has 6 atom stereocenters. The highest BCUT2D eigenvalue weighted by Gasteiger charge is 2.39. The summed E-state index contributed by atoms with van der Waals surface area (Å²) >= 11 is 0. The fraction of sp³-hybridized carbons (Fsp3) is 0.0400. The van der Waals surface area contributed by atoms with Crippen LogP contribution in [0.5, 0.6) is 0 Å². The van der Waals surface area contributed by atoms with E-state index in [2.05, 4.69) is 570 Å². The maximum Gasteiger partial charge on any atom is 0.0358 e. The number of hydrogen-bond donors (Lipinski definition) is 0.